The Hall–Kier alpha value is -2.40. The van der Waals surface area contributed by atoms with Gasteiger partial charge in [-0.3, -0.25) is 0 Å². The van der Waals surface area contributed by atoms with E-state index in [4.69, 9.17) is 21.1 Å². The zero-order valence-corrected chi connectivity index (χ0v) is 15.5. The van der Waals surface area contributed by atoms with Crippen molar-refractivity contribution in [3.05, 3.63) is 59.1 Å². The molecule has 138 valence electrons. The van der Waals surface area contributed by atoms with E-state index < -0.39 is 0 Å². The maximum Gasteiger partial charge on any atom is 0.314 e. The molecule has 0 aromatic heterocycles. The van der Waals surface area contributed by atoms with Gasteiger partial charge in [-0.15, -0.1) is 0 Å². The molecule has 3 rings (SSSR count). The number of methoxy groups -OCH3 is 1. The minimum absolute atomic E-state index is 0.0571. The van der Waals surface area contributed by atoms with Crippen LogP contribution in [0.2, 0.25) is 5.02 Å². The van der Waals surface area contributed by atoms with Crippen molar-refractivity contribution >= 4 is 17.6 Å². The van der Waals surface area contributed by atoms with Gasteiger partial charge in [0.05, 0.1) is 13.7 Å². The van der Waals surface area contributed by atoms with Crippen LogP contribution >= 0.6 is 11.6 Å². The van der Waals surface area contributed by atoms with Gasteiger partial charge in [0.25, 0.3) is 0 Å². The first-order valence-electron chi connectivity index (χ1n) is 8.66. The molecule has 1 aliphatic rings. The van der Waals surface area contributed by atoms with Gasteiger partial charge in [-0.2, -0.15) is 0 Å². The summed E-state index contributed by atoms with van der Waals surface area (Å²) in [5.41, 5.74) is 1.28. The van der Waals surface area contributed by atoms with Gasteiger partial charge in [0, 0.05) is 17.0 Å². The van der Waals surface area contributed by atoms with Gasteiger partial charge in [0.1, 0.15) is 18.1 Å². The fourth-order valence-electron chi connectivity index (χ4n) is 2.84. The van der Waals surface area contributed by atoms with E-state index in [2.05, 4.69) is 10.6 Å². The van der Waals surface area contributed by atoms with Gasteiger partial charge in [0.2, 0.25) is 0 Å². The van der Waals surface area contributed by atoms with Crippen LogP contribution in [0.25, 0.3) is 0 Å². The quantitative estimate of drug-likeness (QED) is 0.692. The summed E-state index contributed by atoms with van der Waals surface area (Å²) < 4.78 is 10.7. The monoisotopic (exact) mass is 374 g/mol. The molecule has 0 saturated heterocycles. The maximum absolute atomic E-state index is 12.0. The van der Waals surface area contributed by atoms with Crippen molar-refractivity contribution in [2.75, 3.05) is 26.8 Å². The van der Waals surface area contributed by atoms with Gasteiger partial charge in [0.15, 0.2) is 0 Å². The summed E-state index contributed by atoms with van der Waals surface area (Å²) in [4.78, 5) is 12.0. The second-order valence-electron chi connectivity index (χ2n) is 6.42. The van der Waals surface area contributed by atoms with E-state index in [1.54, 1.807) is 7.11 Å². The van der Waals surface area contributed by atoms with E-state index >= 15 is 0 Å². The number of urea groups is 1. The third-order valence-electron chi connectivity index (χ3n) is 4.61. The molecular formula is C20H23ClN2O3. The Balaban J connectivity index is 1.36. The predicted molar refractivity (Wildman–Crippen MR) is 102 cm³/mol. The standard InChI is InChI=1S/C20H23ClN2O3/c1-25-17-6-8-18(9-7-17)26-13-12-22-19(24)23-14-20(10-11-20)15-2-4-16(21)5-3-15/h2-9H,10-14H2,1H3,(H2,22,23,24). The minimum Gasteiger partial charge on any atom is -0.497 e. The van der Waals surface area contributed by atoms with Crippen molar-refractivity contribution in [1.29, 1.82) is 0 Å². The maximum atomic E-state index is 12.0. The Kier molecular flexibility index (Phi) is 5.89. The average Bonchev–Trinajstić information content (AvgIpc) is 3.46. The first kappa shape index (κ1) is 18.4. The van der Waals surface area contributed by atoms with Crippen molar-refractivity contribution in [2.45, 2.75) is 18.3 Å². The van der Waals surface area contributed by atoms with Crippen molar-refractivity contribution in [2.24, 2.45) is 0 Å². The predicted octanol–water partition coefficient (Wildman–Crippen LogP) is 3.76. The Labute approximate surface area is 158 Å². The van der Waals surface area contributed by atoms with E-state index in [0.717, 1.165) is 29.4 Å². The average molecular weight is 375 g/mol. The molecule has 2 aromatic rings. The molecule has 0 heterocycles. The lowest BCUT2D eigenvalue weighted by Gasteiger charge is -2.17. The number of nitrogens with one attached hydrogen (secondary N) is 2. The van der Waals surface area contributed by atoms with Gasteiger partial charge in [-0.1, -0.05) is 23.7 Å². The zero-order chi connectivity index (χ0) is 18.4. The molecule has 0 atom stereocenters. The van der Waals surface area contributed by atoms with Crippen LogP contribution in [0.5, 0.6) is 11.5 Å². The molecule has 26 heavy (non-hydrogen) atoms. The molecule has 2 amide bonds. The van der Waals surface area contributed by atoms with Gasteiger partial charge < -0.3 is 20.1 Å². The lowest BCUT2D eigenvalue weighted by Crippen LogP contribution is -2.41. The lowest BCUT2D eigenvalue weighted by atomic mass is 9.96. The highest BCUT2D eigenvalue weighted by molar-refractivity contribution is 6.30. The first-order valence-corrected chi connectivity index (χ1v) is 9.04. The SMILES string of the molecule is COc1ccc(OCCNC(=O)NCC2(c3ccc(Cl)cc3)CC2)cc1. The number of carbonyl (C=O) groups excluding carboxylic acids is 1. The molecule has 2 aromatic carbocycles. The third kappa shape index (κ3) is 4.82. The molecule has 5 nitrogen and oxygen atoms in total. The highest BCUT2D eigenvalue weighted by atomic mass is 35.5. The summed E-state index contributed by atoms with van der Waals surface area (Å²) >= 11 is 5.94. The molecule has 1 saturated carbocycles. The Morgan fingerprint density at radius 3 is 2.31 bits per heavy atom. The van der Waals surface area contributed by atoms with Gasteiger partial charge in [-0.25, -0.2) is 4.79 Å². The number of rotatable bonds is 8. The van der Waals surface area contributed by atoms with E-state index in [1.807, 2.05) is 48.5 Å². The summed E-state index contributed by atoms with van der Waals surface area (Å²) in [7, 11) is 1.62. The molecule has 0 aliphatic heterocycles. The molecule has 0 radical (unpaired) electrons. The van der Waals surface area contributed by atoms with Crippen LogP contribution in [0.1, 0.15) is 18.4 Å². The topological polar surface area (TPSA) is 59.6 Å². The van der Waals surface area contributed by atoms with Crippen LogP contribution < -0.4 is 20.1 Å². The second kappa shape index (κ2) is 8.32. The van der Waals surface area contributed by atoms with Crippen molar-refractivity contribution in [3.8, 4) is 11.5 Å². The fraction of sp³-hybridized carbons (Fsp3) is 0.350. The smallest absolute Gasteiger partial charge is 0.314 e. The largest absolute Gasteiger partial charge is 0.497 e. The van der Waals surface area contributed by atoms with Crippen LogP contribution in [-0.4, -0.2) is 32.8 Å². The molecule has 0 unspecified atom stereocenters. The van der Waals surface area contributed by atoms with E-state index in [0.29, 0.717) is 19.7 Å². The molecule has 0 bridgehead atoms. The summed E-state index contributed by atoms with van der Waals surface area (Å²) in [6.45, 7) is 1.47. The Morgan fingerprint density at radius 2 is 1.69 bits per heavy atom. The Bertz CT molecular complexity index is 728. The number of amides is 2. The summed E-state index contributed by atoms with van der Waals surface area (Å²) in [5, 5.41) is 6.50. The summed E-state index contributed by atoms with van der Waals surface area (Å²) in [6, 6.07) is 15.0. The molecule has 0 spiro atoms. The van der Waals surface area contributed by atoms with Crippen LogP contribution in [0.4, 0.5) is 4.79 Å². The number of hydrogen-bond donors (Lipinski definition) is 2. The number of carbonyl (C=O) groups is 1. The summed E-state index contributed by atoms with van der Waals surface area (Å²) in [5.74, 6) is 1.53. The van der Waals surface area contributed by atoms with Gasteiger partial charge in [-0.05, 0) is 54.8 Å². The highest BCUT2D eigenvalue weighted by Gasteiger charge is 2.44. The van der Waals surface area contributed by atoms with Gasteiger partial charge >= 0.3 is 6.03 Å². The number of halogens is 1. The second-order valence-corrected chi connectivity index (χ2v) is 6.86. The number of hydrogen-bond acceptors (Lipinski definition) is 3. The van der Waals surface area contributed by atoms with Crippen LogP contribution in [-0.2, 0) is 5.41 Å². The Morgan fingerprint density at radius 1 is 1.04 bits per heavy atom. The van der Waals surface area contributed by atoms with Crippen molar-refractivity contribution in [1.82, 2.24) is 10.6 Å². The first-order chi connectivity index (χ1) is 12.6. The van der Waals surface area contributed by atoms with Crippen molar-refractivity contribution in [3.63, 3.8) is 0 Å². The van der Waals surface area contributed by atoms with E-state index in [9.17, 15) is 4.79 Å². The number of ether oxygens (including phenoxy) is 2. The molecular weight excluding hydrogens is 352 g/mol. The summed E-state index contributed by atoms with van der Waals surface area (Å²) in [6.07, 6.45) is 2.16. The van der Waals surface area contributed by atoms with E-state index in [-0.39, 0.29) is 11.4 Å². The molecule has 1 fully saturated rings. The zero-order valence-electron chi connectivity index (χ0n) is 14.8. The molecule has 1 aliphatic carbocycles. The van der Waals surface area contributed by atoms with Crippen LogP contribution in [0.3, 0.4) is 0 Å². The highest BCUT2D eigenvalue weighted by Crippen LogP contribution is 2.47. The minimum atomic E-state index is -0.177. The van der Waals surface area contributed by atoms with Crippen LogP contribution in [0.15, 0.2) is 48.5 Å². The fourth-order valence-corrected chi connectivity index (χ4v) is 2.97. The molecule has 2 N–H and O–H groups in total. The van der Waals surface area contributed by atoms with E-state index in [1.165, 1.54) is 5.56 Å². The van der Waals surface area contributed by atoms with Crippen molar-refractivity contribution < 1.29 is 14.3 Å². The number of benzene rings is 2. The van der Waals surface area contributed by atoms with Crippen LogP contribution in [0, 0.1) is 0 Å². The third-order valence-corrected chi connectivity index (χ3v) is 4.87. The lowest BCUT2D eigenvalue weighted by molar-refractivity contribution is 0.235. The molecule has 6 heteroatoms. The normalized spacial score (nSPS) is 14.4.